The molecule has 34 heavy (non-hydrogen) atoms. The second kappa shape index (κ2) is 9.27. The van der Waals surface area contributed by atoms with E-state index in [1.807, 2.05) is 35.2 Å². The van der Waals surface area contributed by atoms with Gasteiger partial charge in [0.1, 0.15) is 29.4 Å². The zero-order valence-electron chi connectivity index (χ0n) is 18.5. The molecule has 0 spiro atoms. The molecule has 0 radical (unpaired) electrons. The summed E-state index contributed by atoms with van der Waals surface area (Å²) in [7, 11) is 0. The van der Waals surface area contributed by atoms with Crippen molar-refractivity contribution in [1.82, 2.24) is 14.9 Å². The minimum Gasteiger partial charge on any atom is -0.486 e. The van der Waals surface area contributed by atoms with E-state index in [4.69, 9.17) is 9.47 Å². The summed E-state index contributed by atoms with van der Waals surface area (Å²) in [4.78, 5) is 25.3. The number of thiophene rings is 1. The summed E-state index contributed by atoms with van der Waals surface area (Å²) in [6, 6.07) is 16.4. The molecule has 6 nitrogen and oxygen atoms in total. The fourth-order valence-corrected chi connectivity index (χ4v) is 6.56. The van der Waals surface area contributed by atoms with Gasteiger partial charge >= 0.3 is 0 Å². The molecule has 1 amide bonds. The fraction of sp³-hybridized carbons (Fsp3) is 0.269. The Kier molecular flexibility index (Phi) is 5.84. The van der Waals surface area contributed by atoms with Crippen LogP contribution >= 0.6 is 23.1 Å². The zero-order chi connectivity index (χ0) is 22.9. The molecular weight excluding hydrogens is 466 g/mol. The molecule has 0 bridgehead atoms. The molecule has 1 unspecified atom stereocenters. The molecular formula is C26H23N3O3S2. The van der Waals surface area contributed by atoms with Gasteiger partial charge in [-0.3, -0.25) is 4.79 Å². The van der Waals surface area contributed by atoms with E-state index in [0.717, 1.165) is 62.8 Å². The highest BCUT2D eigenvalue weighted by Crippen LogP contribution is 2.40. The van der Waals surface area contributed by atoms with Crippen LogP contribution in [-0.2, 0) is 4.79 Å². The smallest absolute Gasteiger partial charge is 0.233 e. The summed E-state index contributed by atoms with van der Waals surface area (Å²) >= 11 is 3.11. The van der Waals surface area contributed by atoms with Crippen molar-refractivity contribution >= 4 is 39.2 Å². The number of likely N-dealkylation sites (tertiary alicyclic amines) is 1. The molecule has 0 aliphatic carbocycles. The van der Waals surface area contributed by atoms with Crippen LogP contribution < -0.4 is 9.47 Å². The van der Waals surface area contributed by atoms with E-state index >= 15 is 0 Å². The molecule has 172 valence electrons. The van der Waals surface area contributed by atoms with Gasteiger partial charge in [0, 0.05) is 17.5 Å². The number of hydrogen-bond donors (Lipinski definition) is 0. The van der Waals surface area contributed by atoms with Crippen molar-refractivity contribution in [2.75, 3.05) is 25.5 Å². The molecule has 0 N–H and O–H groups in total. The first-order valence-electron chi connectivity index (χ1n) is 11.4. The van der Waals surface area contributed by atoms with Gasteiger partial charge < -0.3 is 14.4 Å². The van der Waals surface area contributed by atoms with Crippen LogP contribution in [0.5, 0.6) is 11.5 Å². The molecule has 2 aromatic heterocycles. The van der Waals surface area contributed by atoms with Crippen molar-refractivity contribution < 1.29 is 14.3 Å². The third kappa shape index (κ3) is 4.01. The third-order valence-corrected chi connectivity index (χ3v) is 8.14. The summed E-state index contributed by atoms with van der Waals surface area (Å²) in [5.41, 5.74) is 3.36. The quantitative estimate of drug-likeness (QED) is 0.269. The number of benzene rings is 2. The number of amides is 1. The minimum atomic E-state index is 0.0652. The standard InChI is InChI=1S/C26H23N3O3S2/c30-23(29-10-4-7-20(29)18-8-9-21-22(13-18)32-12-11-31-21)15-34-26-24-19(17-5-2-1-3-6-17)14-33-25(24)27-16-28-26/h1-3,5-6,8-9,13-14,16,20H,4,7,10-12,15H2. The van der Waals surface area contributed by atoms with Gasteiger partial charge in [-0.15, -0.1) is 11.3 Å². The first kappa shape index (κ1) is 21.4. The SMILES string of the molecule is O=C(CSc1ncnc2scc(-c3ccccc3)c12)N1CCCC1c1ccc2c(c1)OCCO2. The molecule has 6 rings (SSSR count). The fourth-order valence-electron chi connectivity index (χ4n) is 4.68. The van der Waals surface area contributed by atoms with Gasteiger partial charge in [-0.05, 0) is 36.1 Å². The van der Waals surface area contributed by atoms with Gasteiger partial charge in [0.15, 0.2) is 11.5 Å². The normalized spacial score (nSPS) is 17.3. The summed E-state index contributed by atoms with van der Waals surface area (Å²) in [6.07, 6.45) is 3.54. The summed E-state index contributed by atoms with van der Waals surface area (Å²) in [5, 5.41) is 4.01. The molecule has 4 aromatic rings. The van der Waals surface area contributed by atoms with Gasteiger partial charge in [-0.1, -0.05) is 48.2 Å². The second-order valence-corrected chi connectivity index (χ2v) is 10.1. The number of fused-ring (bicyclic) bond motifs is 2. The van der Waals surface area contributed by atoms with E-state index < -0.39 is 0 Å². The molecule has 1 atom stereocenters. The Balaban J connectivity index is 1.22. The highest BCUT2D eigenvalue weighted by molar-refractivity contribution is 8.00. The lowest BCUT2D eigenvalue weighted by Gasteiger charge is -2.26. The van der Waals surface area contributed by atoms with E-state index in [2.05, 4.69) is 33.5 Å². The van der Waals surface area contributed by atoms with Crippen LogP contribution in [0.4, 0.5) is 0 Å². The van der Waals surface area contributed by atoms with Crippen LogP contribution in [0.3, 0.4) is 0 Å². The van der Waals surface area contributed by atoms with Gasteiger partial charge in [-0.25, -0.2) is 9.97 Å². The number of aromatic nitrogens is 2. The van der Waals surface area contributed by atoms with E-state index in [-0.39, 0.29) is 11.9 Å². The van der Waals surface area contributed by atoms with Crippen molar-refractivity contribution in [1.29, 1.82) is 0 Å². The molecule has 2 aliphatic rings. The number of ether oxygens (including phenoxy) is 2. The third-order valence-electron chi connectivity index (χ3n) is 6.28. The molecule has 4 heterocycles. The zero-order valence-corrected chi connectivity index (χ0v) is 20.1. The number of nitrogens with zero attached hydrogens (tertiary/aromatic N) is 3. The topological polar surface area (TPSA) is 64.6 Å². The van der Waals surface area contributed by atoms with Gasteiger partial charge in [0.25, 0.3) is 0 Å². The van der Waals surface area contributed by atoms with Crippen molar-refractivity contribution in [2.45, 2.75) is 23.9 Å². The van der Waals surface area contributed by atoms with E-state index in [1.165, 1.54) is 11.8 Å². The Morgan fingerprint density at radius 3 is 2.82 bits per heavy atom. The molecule has 2 aromatic carbocycles. The lowest BCUT2D eigenvalue weighted by atomic mass is 10.0. The Hall–Kier alpha value is -3.10. The monoisotopic (exact) mass is 489 g/mol. The second-order valence-electron chi connectivity index (χ2n) is 8.31. The molecule has 1 fully saturated rings. The van der Waals surface area contributed by atoms with Crippen molar-refractivity contribution in [3.8, 4) is 22.6 Å². The number of carbonyl (C=O) groups excluding carboxylic acids is 1. The maximum absolute atomic E-state index is 13.3. The largest absolute Gasteiger partial charge is 0.486 e. The predicted octanol–water partition coefficient (Wildman–Crippen LogP) is 5.59. The highest BCUT2D eigenvalue weighted by Gasteiger charge is 2.31. The Morgan fingerprint density at radius 2 is 1.94 bits per heavy atom. The predicted molar refractivity (Wildman–Crippen MR) is 135 cm³/mol. The minimum absolute atomic E-state index is 0.0652. The van der Waals surface area contributed by atoms with Gasteiger partial charge in [0.2, 0.25) is 5.91 Å². The molecule has 0 saturated carbocycles. The maximum Gasteiger partial charge on any atom is 0.233 e. The molecule has 2 aliphatic heterocycles. The van der Waals surface area contributed by atoms with Gasteiger partial charge in [0.05, 0.1) is 17.2 Å². The van der Waals surface area contributed by atoms with Crippen molar-refractivity contribution in [3.63, 3.8) is 0 Å². The van der Waals surface area contributed by atoms with E-state index in [9.17, 15) is 4.79 Å². The number of carbonyl (C=O) groups is 1. The average Bonchev–Trinajstić information content (AvgIpc) is 3.55. The highest BCUT2D eigenvalue weighted by atomic mass is 32.2. The molecule has 1 saturated heterocycles. The van der Waals surface area contributed by atoms with Crippen LogP contribution in [0, 0.1) is 0 Å². The average molecular weight is 490 g/mol. The van der Waals surface area contributed by atoms with Gasteiger partial charge in [-0.2, -0.15) is 0 Å². The van der Waals surface area contributed by atoms with Crippen molar-refractivity contribution in [3.05, 3.63) is 65.8 Å². The van der Waals surface area contributed by atoms with Crippen LogP contribution in [0.1, 0.15) is 24.4 Å². The van der Waals surface area contributed by atoms with E-state index in [0.29, 0.717) is 19.0 Å². The lowest BCUT2D eigenvalue weighted by molar-refractivity contribution is -0.129. The number of hydrogen-bond acceptors (Lipinski definition) is 7. The Bertz CT molecular complexity index is 1340. The first-order chi connectivity index (χ1) is 16.8. The van der Waals surface area contributed by atoms with Crippen molar-refractivity contribution in [2.24, 2.45) is 0 Å². The molecule has 8 heteroatoms. The number of rotatable bonds is 5. The van der Waals surface area contributed by atoms with Crippen LogP contribution in [0.25, 0.3) is 21.3 Å². The number of thioether (sulfide) groups is 1. The summed E-state index contributed by atoms with van der Waals surface area (Å²) in [5.74, 6) is 2.02. The van der Waals surface area contributed by atoms with Crippen LogP contribution in [0.2, 0.25) is 0 Å². The Labute approximate surface area is 205 Å². The summed E-state index contributed by atoms with van der Waals surface area (Å²) in [6.45, 7) is 1.90. The maximum atomic E-state index is 13.3. The van der Waals surface area contributed by atoms with Crippen LogP contribution in [0.15, 0.2) is 65.3 Å². The Morgan fingerprint density at radius 1 is 1.09 bits per heavy atom. The lowest BCUT2D eigenvalue weighted by Crippen LogP contribution is -2.32. The summed E-state index contributed by atoms with van der Waals surface area (Å²) < 4.78 is 11.4. The first-order valence-corrected chi connectivity index (χ1v) is 13.2. The van der Waals surface area contributed by atoms with Crippen LogP contribution in [-0.4, -0.2) is 46.3 Å². The van der Waals surface area contributed by atoms with E-state index in [1.54, 1.807) is 17.7 Å².